The summed E-state index contributed by atoms with van der Waals surface area (Å²) in [6.07, 6.45) is 2.41. The van der Waals surface area contributed by atoms with Gasteiger partial charge in [0.25, 0.3) is 0 Å². The number of hydrogen-bond donors (Lipinski definition) is 1. The summed E-state index contributed by atoms with van der Waals surface area (Å²) in [6, 6.07) is 14.2. The summed E-state index contributed by atoms with van der Waals surface area (Å²) in [6.45, 7) is 2.48. The Balaban J connectivity index is 1.66. The Morgan fingerprint density at radius 1 is 1.16 bits per heavy atom. The molecule has 0 unspecified atom stereocenters. The molecule has 25 heavy (non-hydrogen) atoms. The molecule has 0 radical (unpaired) electrons. The number of rotatable bonds is 6. The summed E-state index contributed by atoms with van der Waals surface area (Å²) < 4.78 is 15.0. The molecule has 130 valence electrons. The first-order valence-corrected chi connectivity index (χ1v) is 8.13. The summed E-state index contributed by atoms with van der Waals surface area (Å²) in [7, 11) is 1.94. The summed E-state index contributed by atoms with van der Waals surface area (Å²) in [4.78, 5) is 5.98. The van der Waals surface area contributed by atoms with Crippen LogP contribution in [0.2, 0.25) is 0 Å². The highest BCUT2D eigenvalue weighted by Crippen LogP contribution is 2.23. The van der Waals surface area contributed by atoms with Crippen molar-refractivity contribution in [2.24, 2.45) is 0 Å². The zero-order chi connectivity index (χ0) is 17.8. The van der Waals surface area contributed by atoms with Crippen LogP contribution in [0, 0.1) is 5.82 Å². The van der Waals surface area contributed by atoms with E-state index in [0.717, 1.165) is 11.3 Å². The van der Waals surface area contributed by atoms with Crippen molar-refractivity contribution in [3.63, 3.8) is 0 Å². The first kappa shape index (κ1) is 17.3. The van der Waals surface area contributed by atoms with E-state index in [1.54, 1.807) is 23.1 Å². The molecular formula is C19H21FN4O. The number of aliphatic hydroxyl groups excluding tert-OH is 1. The lowest BCUT2D eigenvalue weighted by molar-refractivity contribution is 0.108. The fraction of sp³-hybridized carbons (Fsp3) is 0.263. The van der Waals surface area contributed by atoms with Crippen molar-refractivity contribution in [2.75, 3.05) is 13.6 Å². The van der Waals surface area contributed by atoms with E-state index in [2.05, 4.69) is 17.0 Å². The second kappa shape index (κ2) is 7.55. The van der Waals surface area contributed by atoms with E-state index in [1.807, 2.05) is 36.2 Å². The van der Waals surface area contributed by atoms with Gasteiger partial charge in [-0.2, -0.15) is 5.10 Å². The molecule has 0 spiro atoms. The van der Waals surface area contributed by atoms with Gasteiger partial charge in [0.2, 0.25) is 0 Å². The standard InChI is InChI=1S/C19H21FN4O/c1-14(15-6-8-18(9-7-15)24-13-21-12-22-24)23(2)11-19(25)16-4-3-5-17(20)10-16/h3-10,12-14,19,25H,11H2,1-2H3/t14-,19+/m0/s1. The quantitative estimate of drug-likeness (QED) is 0.749. The van der Waals surface area contributed by atoms with Crippen molar-refractivity contribution < 1.29 is 9.50 Å². The average Bonchev–Trinajstić information content (AvgIpc) is 3.16. The lowest BCUT2D eigenvalue weighted by Crippen LogP contribution is -2.27. The third-order valence-electron chi connectivity index (χ3n) is 4.41. The van der Waals surface area contributed by atoms with Gasteiger partial charge in [0.15, 0.2) is 0 Å². The number of likely N-dealkylation sites (N-methyl/N-ethyl adjacent to an activating group) is 1. The van der Waals surface area contributed by atoms with E-state index in [1.165, 1.54) is 18.5 Å². The average molecular weight is 340 g/mol. The largest absolute Gasteiger partial charge is 0.387 e. The molecule has 2 atom stereocenters. The smallest absolute Gasteiger partial charge is 0.138 e. The van der Waals surface area contributed by atoms with Crippen LogP contribution in [0.15, 0.2) is 61.2 Å². The predicted molar refractivity (Wildman–Crippen MR) is 93.8 cm³/mol. The summed E-state index contributed by atoms with van der Waals surface area (Å²) >= 11 is 0. The van der Waals surface area contributed by atoms with Crippen LogP contribution in [0.5, 0.6) is 0 Å². The van der Waals surface area contributed by atoms with Crippen molar-refractivity contribution in [3.8, 4) is 5.69 Å². The van der Waals surface area contributed by atoms with Crippen LogP contribution in [0.4, 0.5) is 4.39 Å². The molecule has 2 aromatic carbocycles. The highest BCUT2D eigenvalue weighted by molar-refractivity contribution is 5.34. The molecule has 3 rings (SSSR count). The Morgan fingerprint density at radius 2 is 1.92 bits per heavy atom. The minimum absolute atomic E-state index is 0.105. The molecule has 3 aromatic rings. The van der Waals surface area contributed by atoms with Crippen LogP contribution in [0.3, 0.4) is 0 Å². The predicted octanol–water partition coefficient (Wildman–Crippen LogP) is 3.13. The molecule has 0 amide bonds. The maximum Gasteiger partial charge on any atom is 0.138 e. The fourth-order valence-electron chi connectivity index (χ4n) is 2.75. The van der Waals surface area contributed by atoms with Gasteiger partial charge >= 0.3 is 0 Å². The lowest BCUT2D eigenvalue weighted by atomic mass is 10.0. The number of aliphatic hydroxyl groups is 1. The van der Waals surface area contributed by atoms with Crippen LogP contribution < -0.4 is 0 Å². The minimum atomic E-state index is -0.738. The maximum absolute atomic E-state index is 13.3. The van der Waals surface area contributed by atoms with Gasteiger partial charge in [-0.05, 0) is 49.4 Å². The van der Waals surface area contributed by atoms with Crippen molar-refractivity contribution in [2.45, 2.75) is 19.1 Å². The minimum Gasteiger partial charge on any atom is -0.387 e. The normalized spacial score (nSPS) is 13.8. The molecule has 5 nitrogen and oxygen atoms in total. The second-order valence-electron chi connectivity index (χ2n) is 6.12. The fourth-order valence-corrected chi connectivity index (χ4v) is 2.75. The van der Waals surface area contributed by atoms with Gasteiger partial charge in [0.1, 0.15) is 18.5 Å². The highest BCUT2D eigenvalue weighted by atomic mass is 19.1. The summed E-state index contributed by atoms with van der Waals surface area (Å²) in [5, 5.41) is 14.5. The molecule has 0 saturated heterocycles. The topological polar surface area (TPSA) is 54.2 Å². The molecule has 1 N–H and O–H groups in total. The van der Waals surface area contributed by atoms with E-state index in [9.17, 15) is 9.50 Å². The lowest BCUT2D eigenvalue weighted by Gasteiger charge is -2.27. The number of benzene rings is 2. The van der Waals surface area contributed by atoms with Gasteiger partial charge < -0.3 is 5.11 Å². The van der Waals surface area contributed by atoms with E-state index in [4.69, 9.17) is 0 Å². The monoisotopic (exact) mass is 340 g/mol. The molecule has 1 heterocycles. The van der Waals surface area contributed by atoms with Crippen LogP contribution in [-0.4, -0.2) is 38.4 Å². The zero-order valence-electron chi connectivity index (χ0n) is 14.2. The summed E-state index contributed by atoms with van der Waals surface area (Å²) in [5.74, 6) is -0.337. The van der Waals surface area contributed by atoms with Gasteiger partial charge in [-0.15, -0.1) is 0 Å². The molecule has 0 bridgehead atoms. The Bertz CT molecular complexity index is 805. The third-order valence-corrected chi connectivity index (χ3v) is 4.41. The van der Waals surface area contributed by atoms with Gasteiger partial charge in [-0.1, -0.05) is 24.3 Å². The molecule has 6 heteroatoms. The van der Waals surface area contributed by atoms with E-state index in [0.29, 0.717) is 12.1 Å². The first-order valence-electron chi connectivity index (χ1n) is 8.13. The van der Waals surface area contributed by atoms with Crippen molar-refractivity contribution in [3.05, 3.63) is 78.1 Å². The number of aromatic nitrogens is 3. The van der Waals surface area contributed by atoms with Crippen molar-refractivity contribution in [1.82, 2.24) is 19.7 Å². The van der Waals surface area contributed by atoms with Crippen LogP contribution in [0.25, 0.3) is 5.69 Å². The SMILES string of the molecule is C[C@@H](c1ccc(-n2cncn2)cc1)N(C)C[C@@H](O)c1cccc(F)c1. The van der Waals surface area contributed by atoms with Crippen LogP contribution >= 0.6 is 0 Å². The molecular weight excluding hydrogens is 319 g/mol. The second-order valence-corrected chi connectivity index (χ2v) is 6.12. The van der Waals surface area contributed by atoms with Gasteiger partial charge in [-0.25, -0.2) is 14.1 Å². The first-order chi connectivity index (χ1) is 12.0. The maximum atomic E-state index is 13.3. The number of hydrogen-bond acceptors (Lipinski definition) is 4. The van der Waals surface area contributed by atoms with E-state index >= 15 is 0 Å². The van der Waals surface area contributed by atoms with Crippen LogP contribution in [-0.2, 0) is 0 Å². The Kier molecular flexibility index (Phi) is 5.21. The Morgan fingerprint density at radius 3 is 2.56 bits per heavy atom. The Labute approximate surface area is 146 Å². The zero-order valence-corrected chi connectivity index (χ0v) is 14.2. The van der Waals surface area contributed by atoms with E-state index < -0.39 is 6.10 Å². The molecule has 0 fully saturated rings. The molecule has 0 aliphatic rings. The summed E-state index contributed by atoms with van der Waals surface area (Å²) in [5.41, 5.74) is 2.65. The molecule has 0 saturated carbocycles. The van der Waals surface area contributed by atoms with Gasteiger partial charge in [-0.3, -0.25) is 4.90 Å². The van der Waals surface area contributed by atoms with Crippen LogP contribution in [0.1, 0.15) is 30.2 Å². The number of halogens is 1. The Hall–Kier alpha value is -2.57. The van der Waals surface area contributed by atoms with Gasteiger partial charge in [0, 0.05) is 12.6 Å². The third kappa shape index (κ3) is 4.10. The van der Waals surface area contributed by atoms with Crippen molar-refractivity contribution >= 4 is 0 Å². The van der Waals surface area contributed by atoms with Gasteiger partial charge in [0.05, 0.1) is 11.8 Å². The molecule has 0 aliphatic carbocycles. The molecule has 0 aliphatic heterocycles. The van der Waals surface area contributed by atoms with Crippen molar-refractivity contribution in [1.29, 1.82) is 0 Å². The molecule has 1 aromatic heterocycles. The highest BCUT2D eigenvalue weighted by Gasteiger charge is 2.17. The van der Waals surface area contributed by atoms with E-state index in [-0.39, 0.29) is 11.9 Å². The number of nitrogens with zero attached hydrogens (tertiary/aromatic N) is 4.